The third kappa shape index (κ3) is 2.89. The molecule has 3 rings (SSSR count). The van der Waals surface area contributed by atoms with E-state index in [2.05, 4.69) is 29.2 Å². The van der Waals surface area contributed by atoms with Gasteiger partial charge in [0.25, 0.3) is 0 Å². The fraction of sp³-hybridized carbons (Fsp3) is 0.353. The molecule has 0 amide bonds. The Hall–Kier alpha value is -1.71. The van der Waals surface area contributed by atoms with Crippen LogP contribution < -0.4 is 5.73 Å². The summed E-state index contributed by atoms with van der Waals surface area (Å²) in [6.45, 7) is 1.02. The lowest BCUT2D eigenvalue weighted by molar-refractivity contribution is 0.0264. The number of benzene rings is 1. The van der Waals surface area contributed by atoms with Gasteiger partial charge < -0.3 is 10.5 Å². The molecule has 0 saturated heterocycles. The summed E-state index contributed by atoms with van der Waals surface area (Å²) in [7, 11) is 0. The van der Waals surface area contributed by atoms with Gasteiger partial charge in [0.05, 0.1) is 24.1 Å². The van der Waals surface area contributed by atoms with Crippen LogP contribution in [0, 0.1) is 0 Å². The van der Waals surface area contributed by atoms with Gasteiger partial charge >= 0.3 is 0 Å². The largest absolute Gasteiger partial charge is 0.367 e. The Morgan fingerprint density at radius 1 is 1.10 bits per heavy atom. The zero-order valence-corrected chi connectivity index (χ0v) is 11.6. The highest BCUT2D eigenvalue weighted by molar-refractivity contribution is 5.31. The van der Waals surface area contributed by atoms with E-state index in [1.54, 1.807) is 0 Å². The SMILES string of the molecule is NCc1cccc(COC2CCCc3ccccc32)n1. The Kier molecular flexibility index (Phi) is 4.09. The van der Waals surface area contributed by atoms with Crippen LogP contribution in [0.2, 0.25) is 0 Å². The van der Waals surface area contributed by atoms with Crippen molar-refractivity contribution < 1.29 is 4.74 Å². The third-order valence-corrected chi connectivity index (χ3v) is 3.82. The van der Waals surface area contributed by atoms with Crippen molar-refractivity contribution in [1.82, 2.24) is 4.98 Å². The zero-order valence-electron chi connectivity index (χ0n) is 11.6. The van der Waals surface area contributed by atoms with Crippen molar-refractivity contribution in [3.63, 3.8) is 0 Å². The minimum absolute atomic E-state index is 0.197. The second kappa shape index (κ2) is 6.16. The Labute approximate surface area is 119 Å². The number of hydrogen-bond donors (Lipinski definition) is 1. The molecule has 0 spiro atoms. The molecule has 1 unspecified atom stereocenters. The summed E-state index contributed by atoms with van der Waals surface area (Å²) >= 11 is 0. The fourth-order valence-corrected chi connectivity index (χ4v) is 2.79. The van der Waals surface area contributed by atoms with Crippen LogP contribution in [0.5, 0.6) is 0 Å². The molecule has 1 heterocycles. The molecule has 1 aromatic heterocycles. The van der Waals surface area contributed by atoms with Gasteiger partial charge in [-0.15, -0.1) is 0 Å². The highest BCUT2D eigenvalue weighted by Crippen LogP contribution is 2.32. The number of nitrogens with zero attached hydrogens (tertiary/aromatic N) is 1. The lowest BCUT2D eigenvalue weighted by atomic mass is 9.89. The summed E-state index contributed by atoms with van der Waals surface area (Å²) in [5.41, 5.74) is 10.2. The number of aromatic nitrogens is 1. The summed E-state index contributed by atoms with van der Waals surface area (Å²) in [4.78, 5) is 4.48. The maximum absolute atomic E-state index is 6.09. The van der Waals surface area contributed by atoms with E-state index in [4.69, 9.17) is 10.5 Å². The Morgan fingerprint density at radius 3 is 2.85 bits per heavy atom. The summed E-state index contributed by atoms with van der Waals surface area (Å²) in [5, 5.41) is 0. The maximum Gasteiger partial charge on any atom is 0.0896 e. The van der Waals surface area contributed by atoms with Crippen LogP contribution in [0.3, 0.4) is 0 Å². The minimum atomic E-state index is 0.197. The molecule has 0 fully saturated rings. The normalized spacial score (nSPS) is 17.8. The second-order valence-corrected chi connectivity index (χ2v) is 5.22. The van der Waals surface area contributed by atoms with E-state index >= 15 is 0 Å². The molecule has 0 bridgehead atoms. The van der Waals surface area contributed by atoms with Crippen molar-refractivity contribution in [2.75, 3.05) is 0 Å². The first-order valence-corrected chi connectivity index (χ1v) is 7.21. The number of hydrogen-bond acceptors (Lipinski definition) is 3. The molecule has 1 aliphatic carbocycles. The average Bonchev–Trinajstić information content (AvgIpc) is 2.53. The minimum Gasteiger partial charge on any atom is -0.367 e. The summed E-state index contributed by atoms with van der Waals surface area (Å²) in [6, 6.07) is 14.5. The lowest BCUT2D eigenvalue weighted by Gasteiger charge is -2.25. The van der Waals surface area contributed by atoms with E-state index in [9.17, 15) is 0 Å². The average molecular weight is 268 g/mol. The van der Waals surface area contributed by atoms with Gasteiger partial charge in [-0.2, -0.15) is 0 Å². The molecular weight excluding hydrogens is 248 g/mol. The second-order valence-electron chi connectivity index (χ2n) is 5.22. The fourth-order valence-electron chi connectivity index (χ4n) is 2.79. The summed E-state index contributed by atoms with van der Waals surface area (Å²) in [6.07, 6.45) is 3.64. The van der Waals surface area contributed by atoms with Crippen LogP contribution >= 0.6 is 0 Å². The monoisotopic (exact) mass is 268 g/mol. The van der Waals surface area contributed by atoms with Crippen LogP contribution in [0.1, 0.15) is 41.5 Å². The van der Waals surface area contributed by atoms with Crippen molar-refractivity contribution in [3.8, 4) is 0 Å². The van der Waals surface area contributed by atoms with Crippen LogP contribution in [-0.4, -0.2) is 4.98 Å². The number of aryl methyl sites for hydroxylation is 1. The summed E-state index contributed by atoms with van der Waals surface area (Å²) in [5.74, 6) is 0. The van der Waals surface area contributed by atoms with E-state index in [1.165, 1.54) is 17.5 Å². The quantitative estimate of drug-likeness (QED) is 0.926. The number of nitrogens with two attached hydrogens (primary N) is 1. The first kappa shape index (κ1) is 13.3. The summed E-state index contributed by atoms with van der Waals surface area (Å²) < 4.78 is 6.09. The van der Waals surface area contributed by atoms with Gasteiger partial charge in [-0.3, -0.25) is 4.98 Å². The molecule has 0 aliphatic heterocycles. The first-order valence-electron chi connectivity index (χ1n) is 7.21. The highest BCUT2D eigenvalue weighted by Gasteiger charge is 2.20. The predicted octanol–water partition coefficient (Wildman–Crippen LogP) is 3.13. The van der Waals surface area contributed by atoms with Gasteiger partial charge in [0.2, 0.25) is 0 Å². The third-order valence-electron chi connectivity index (χ3n) is 3.82. The number of rotatable bonds is 4. The molecular formula is C17H20N2O. The van der Waals surface area contributed by atoms with E-state index < -0.39 is 0 Å². The molecule has 3 heteroatoms. The van der Waals surface area contributed by atoms with Gasteiger partial charge in [-0.1, -0.05) is 30.3 Å². The van der Waals surface area contributed by atoms with Crippen LogP contribution in [0.4, 0.5) is 0 Å². The van der Waals surface area contributed by atoms with E-state index in [1.807, 2.05) is 18.2 Å². The van der Waals surface area contributed by atoms with Gasteiger partial charge in [0.15, 0.2) is 0 Å². The van der Waals surface area contributed by atoms with Gasteiger partial charge in [0.1, 0.15) is 0 Å². The smallest absolute Gasteiger partial charge is 0.0896 e. The predicted molar refractivity (Wildman–Crippen MR) is 79.0 cm³/mol. The zero-order chi connectivity index (χ0) is 13.8. The van der Waals surface area contributed by atoms with E-state index in [0.29, 0.717) is 13.2 Å². The van der Waals surface area contributed by atoms with E-state index in [-0.39, 0.29) is 6.10 Å². The number of pyridine rings is 1. The van der Waals surface area contributed by atoms with Crippen molar-refractivity contribution in [2.45, 2.75) is 38.5 Å². The van der Waals surface area contributed by atoms with Crippen LogP contribution in [0.25, 0.3) is 0 Å². The number of ether oxygens (including phenoxy) is 1. The number of fused-ring (bicyclic) bond motifs is 1. The van der Waals surface area contributed by atoms with Crippen molar-refractivity contribution in [3.05, 3.63) is 65.0 Å². The van der Waals surface area contributed by atoms with Crippen molar-refractivity contribution >= 4 is 0 Å². The molecule has 0 saturated carbocycles. The molecule has 1 aromatic carbocycles. The Morgan fingerprint density at radius 2 is 1.95 bits per heavy atom. The molecule has 1 atom stereocenters. The van der Waals surface area contributed by atoms with Crippen LogP contribution in [-0.2, 0) is 24.3 Å². The molecule has 104 valence electrons. The Balaban J connectivity index is 1.70. The highest BCUT2D eigenvalue weighted by atomic mass is 16.5. The lowest BCUT2D eigenvalue weighted by Crippen LogP contribution is -2.13. The molecule has 0 radical (unpaired) electrons. The molecule has 1 aliphatic rings. The Bertz CT molecular complexity index is 583. The van der Waals surface area contributed by atoms with Gasteiger partial charge in [-0.25, -0.2) is 0 Å². The van der Waals surface area contributed by atoms with Gasteiger partial charge in [-0.05, 0) is 42.5 Å². The maximum atomic E-state index is 6.09. The molecule has 3 nitrogen and oxygen atoms in total. The topological polar surface area (TPSA) is 48.1 Å². The molecule has 2 aromatic rings. The van der Waals surface area contributed by atoms with E-state index in [0.717, 1.165) is 24.2 Å². The van der Waals surface area contributed by atoms with Crippen LogP contribution in [0.15, 0.2) is 42.5 Å². The van der Waals surface area contributed by atoms with Gasteiger partial charge in [0, 0.05) is 6.54 Å². The molecule has 2 N–H and O–H groups in total. The first-order chi connectivity index (χ1) is 9.86. The standard InChI is InChI=1S/C17H20N2O/c18-11-14-7-4-8-15(19-14)12-20-17-10-3-6-13-5-1-2-9-16(13)17/h1-2,4-5,7-9,17H,3,6,10-12,18H2. The van der Waals surface area contributed by atoms with Crippen molar-refractivity contribution in [2.24, 2.45) is 5.73 Å². The van der Waals surface area contributed by atoms with Crippen molar-refractivity contribution in [1.29, 1.82) is 0 Å². The molecule has 20 heavy (non-hydrogen) atoms.